The molecule has 0 bridgehead atoms. The fourth-order valence-electron chi connectivity index (χ4n) is 2.17. The molecule has 24 heavy (non-hydrogen) atoms. The van der Waals surface area contributed by atoms with Crippen LogP contribution < -0.4 is 5.32 Å². The van der Waals surface area contributed by atoms with Crippen LogP contribution in [0.25, 0.3) is 11.3 Å². The van der Waals surface area contributed by atoms with Gasteiger partial charge in [0, 0.05) is 16.7 Å². The van der Waals surface area contributed by atoms with E-state index >= 15 is 0 Å². The number of benzene rings is 2. The minimum Gasteiger partial charge on any atom is -0.301 e. The van der Waals surface area contributed by atoms with Gasteiger partial charge in [-0.3, -0.25) is 4.79 Å². The molecule has 1 N–H and O–H groups in total. The number of hydrogen-bond donors (Lipinski definition) is 1. The van der Waals surface area contributed by atoms with E-state index in [9.17, 15) is 4.79 Å². The first kappa shape index (κ1) is 16.7. The molecule has 3 rings (SSSR count). The number of nitrogens with zero attached hydrogens (tertiary/aromatic N) is 1. The highest BCUT2D eigenvalue weighted by atomic mass is 32.2. The van der Waals surface area contributed by atoms with Crippen molar-refractivity contribution >= 4 is 34.1 Å². The lowest BCUT2D eigenvalue weighted by Gasteiger charge is -2.03. The van der Waals surface area contributed by atoms with Crippen LogP contribution in [-0.4, -0.2) is 16.6 Å². The zero-order chi connectivity index (χ0) is 16.8. The van der Waals surface area contributed by atoms with E-state index in [0.717, 1.165) is 17.0 Å². The van der Waals surface area contributed by atoms with Gasteiger partial charge < -0.3 is 5.32 Å². The number of thiazole rings is 1. The van der Waals surface area contributed by atoms with E-state index in [1.807, 2.05) is 35.7 Å². The number of nitrogens with one attached hydrogen (secondary N) is 1. The summed E-state index contributed by atoms with van der Waals surface area (Å²) in [6.07, 6.45) is 0. The average molecular weight is 355 g/mol. The molecule has 0 fully saturated rings. The van der Waals surface area contributed by atoms with Crippen LogP contribution in [-0.2, 0) is 10.5 Å². The first-order valence-electron chi connectivity index (χ1n) is 7.65. The van der Waals surface area contributed by atoms with Crippen molar-refractivity contribution in [3.63, 3.8) is 0 Å². The van der Waals surface area contributed by atoms with Crippen LogP contribution in [0.15, 0.2) is 60.0 Å². The molecule has 0 aliphatic heterocycles. The summed E-state index contributed by atoms with van der Waals surface area (Å²) in [4.78, 5) is 16.5. The molecule has 5 heteroatoms. The predicted octanol–water partition coefficient (Wildman–Crippen LogP) is 4.99. The van der Waals surface area contributed by atoms with Crippen LogP contribution in [0.1, 0.15) is 11.1 Å². The molecule has 0 unspecified atom stereocenters. The Morgan fingerprint density at radius 2 is 1.88 bits per heavy atom. The van der Waals surface area contributed by atoms with Crippen LogP contribution in [0, 0.1) is 6.92 Å². The van der Waals surface area contributed by atoms with Gasteiger partial charge in [-0.15, -0.1) is 23.1 Å². The van der Waals surface area contributed by atoms with Gasteiger partial charge in [0.25, 0.3) is 0 Å². The lowest BCUT2D eigenvalue weighted by molar-refractivity contribution is -0.113. The molecule has 1 amide bonds. The maximum Gasteiger partial charge on any atom is 0.236 e. The van der Waals surface area contributed by atoms with Crippen molar-refractivity contribution in [1.29, 1.82) is 0 Å². The fourth-order valence-corrected chi connectivity index (χ4v) is 3.70. The average Bonchev–Trinajstić information content (AvgIpc) is 3.06. The molecule has 0 aliphatic rings. The van der Waals surface area contributed by atoms with Crippen LogP contribution in [0.3, 0.4) is 0 Å². The first-order valence-corrected chi connectivity index (χ1v) is 9.68. The van der Waals surface area contributed by atoms with Gasteiger partial charge in [-0.1, -0.05) is 60.2 Å². The maximum atomic E-state index is 12.0. The highest BCUT2D eigenvalue weighted by Crippen LogP contribution is 2.24. The van der Waals surface area contributed by atoms with Gasteiger partial charge in [-0.05, 0) is 12.5 Å². The minimum atomic E-state index is -0.0129. The molecular formula is C19H18N2OS2. The largest absolute Gasteiger partial charge is 0.301 e. The number of carbonyl (C=O) groups is 1. The van der Waals surface area contributed by atoms with Crippen molar-refractivity contribution in [1.82, 2.24) is 4.98 Å². The summed E-state index contributed by atoms with van der Waals surface area (Å²) >= 11 is 3.06. The number of aromatic nitrogens is 1. The van der Waals surface area contributed by atoms with E-state index in [1.165, 1.54) is 22.5 Å². The van der Waals surface area contributed by atoms with Crippen molar-refractivity contribution < 1.29 is 4.79 Å². The van der Waals surface area contributed by atoms with Gasteiger partial charge in [-0.2, -0.15) is 0 Å². The van der Waals surface area contributed by atoms with Crippen LogP contribution in [0.4, 0.5) is 5.13 Å². The molecule has 0 aliphatic carbocycles. The minimum absolute atomic E-state index is 0.0129. The van der Waals surface area contributed by atoms with Gasteiger partial charge in [0.15, 0.2) is 5.13 Å². The molecule has 3 aromatic rings. The maximum absolute atomic E-state index is 12.0. The molecule has 1 aromatic heterocycles. The molecule has 0 atom stereocenters. The van der Waals surface area contributed by atoms with Crippen molar-refractivity contribution in [2.75, 3.05) is 11.1 Å². The molecule has 0 saturated carbocycles. The zero-order valence-electron chi connectivity index (χ0n) is 13.4. The Bertz CT molecular complexity index is 798. The summed E-state index contributed by atoms with van der Waals surface area (Å²) in [6, 6.07) is 18.4. The van der Waals surface area contributed by atoms with Gasteiger partial charge in [0.2, 0.25) is 5.91 Å². The second-order valence-corrected chi connectivity index (χ2v) is 7.27. The van der Waals surface area contributed by atoms with Crippen LogP contribution in [0.5, 0.6) is 0 Å². The van der Waals surface area contributed by atoms with Gasteiger partial charge in [0.05, 0.1) is 11.4 Å². The number of anilines is 1. The number of hydrogen-bond acceptors (Lipinski definition) is 4. The van der Waals surface area contributed by atoms with E-state index in [0.29, 0.717) is 10.9 Å². The Morgan fingerprint density at radius 3 is 2.62 bits per heavy atom. The Kier molecular flexibility index (Phi) is 5.67. The summed E-state index contributed by atoms with van der Waals surface area (Å²) in [5.74, 6) is 1.25. The SMILES string of the molecule is Cc1ccc(CSCC(=O)Nc2nc(-c3ccccc3)cs2)cc1. The summed E-state index contributed by atoms with van der Waals surface area (Å²) in [5, 5.41) is 5.49. The quantitative estimate of drug-likeness (QED) is 0.678. The lowest BCUT2D eigenvalue weighted by Crippen LogP contribution is -2.13. The molecule has 0 radical (unpaired) electrons. The summed E-state index contributed by atoms with van der Waals surface area (Å²) < 4.78 is 0. The van der Waals surface area contributed by atoms with E-state index in [-0.39, 0.29) is 5.91 Å². The van der Waals surface area contributed by atoms with Crippen molar-refractivity contribution in [2.24, 2.45) is 0 Å². The van der Waals surface area contributed by atoms with E-state index in [4.69, 9.17) is 0 Å². The van der Waals surface area contributed by atoms with Crippen LogP contribution in [0.2, 0.25) is 0 Å². The zero-order valence-corrected chi connectivity index (χ0v) is 15.0. The highest BCUT2D eigenvalue weighted by Gasteiger charge is 2.08. The van der Waals surface area contributed by atoms with Crippen molar-refractivity contribution in [3.8, 4) is 11.3 Å². The molecule has 1 heterocycles. The van der Waals surface area contributed by atoms with E-state index in [1.54, 1.807) is 11.8 Å². The molecular weight excluding hydrogens is 336 g/mol. The number of thioether (sulfide) groups is 1. The number of amides is 1. The number of carbonyl (C=O) groups excluding carboxylic acids is 1. The monoisotopic (exact) mass is 354 g/mol. The topological polar surface area (TPSA) is 42.0 Å². The Labute approximate surface area is 150 Å². The van der Waals surface area contributed by atoms with E-state index in [2.05, 4.69) is 41.5 Å². The fraction of sp³-hybridized carbons (Fsp3) is 0.158. The second-order valence-electron chi connectivity index (χ2n) is 5.43. The number of aryl methyl sites for hydroxylation is 1. The predicted molar refractivity (Wildman–Crippen MR) is 104 cm³/mol. The number of rotatable bonds is 6. The Balaban J connectivity index is 1.48. The standard InChI is InChI=1S/C19H18N2OS2/c1-14-7-9-15(10-8-14)11-23-13-18(22)21-19-20-17(12-24-19)16-5-3-2-4-6-16/h2-10,12H,11,13H2,1H3,(H,20,21,22). The first-order chi connectivity index (χ1) is 11.7. The van der Waals surface area contributed by atoms with Gasteiger partial charge in [-0.25, -0.2) is 4.98 Å². The Morgan fingerprint density at radius 1 is 1.12 bits per heavy atom. The summed E-state index contributed by atoms with van der Waals surface area (Å²) in [6.45, 7) is 2.07. The second kappa shape index (κ2) is 8.13. The molecule has 3 nitrogen and oxygen atoms in total. The Hall–Kier alpha value is -2.11. The third kappa shape index (κ3) is 4.69. The normalized spacial score (nSPS) is 10.5. The molecule has 2 aromatic carbocycles. The van der Waals surface area contributed by atoms with Gasteiger partial charge >= 0.3 is 0 Å². The summed E-state index contributed by atoms with van der Waals surface area (Å²) in [5.41, 5.74) is 4.43. The highest BCUT2D eigenvalue weighted by molar-refractivity contribution is 7.99. The van der Waals surface area contributed by atoms with Gasteiger partial charge in [0.1, 0.15) is 0 Å². The van der Waals surface area contributed by atoms with E-state index < -0.39 is 0 Å². The third-order valence-corrected chi connectivity index (χ3v) is 5.20. The summed E-state index contributed by atoms with van der Waals surface area (Å²) in [7, 11) is 0. The third-order valence-electron chi connectivity index (χ3n) is 3.44. The lowest BCUT2D eigenvalue weighted by atomic mass is 10.2. The van der Waals surface area contributed by atoms with Crippen molar-refractivity contribution in [3.05, 3.63) is 71.1 Å². The van der Waals surface area contributed by atoms with Crippen LogP contribution >= 0.6 is 23.1 Å². The molecule has 0 saturated heterocycles. The molecule has 0 spiro atoms. The molecule has 122 valence electrons. The smallest absolute Gasteiger partial charge is 0.236 e. The van der Waals surface area contributed by atoms with Crippen molar-refractivity contribution in [2.45, 2.75) is 12.7 Å².